The van der Waals surface area contributed by atoms with Crippen molar-refractivity contribution in [2.45, 2.75) is 45.9 Å². The number of nitrogens with zero attached hydrogens (tertiary/aromatic N) is 2. The van der Waals surface area contributed by atoms with Crippen molar-refractivity contribution in [1.29, 1.82) is 0 Å². The molecule has 0 aliphatic carbocycles. The Morgan fingerprint density at radius 3 is 2.29 bits per heavy atom. The molecule has 1 aliphatic heterocycles. The number of hydrogen-bond donors (Lipinski definition) is 1. The van der Waals surface area contributed by atoms with E-state index in [1.165, 1.54) is 11.1 Å². The number of carbonyl (C=O) groups excluding carboxylic acids is 1. The van der Waals surface area contributed by atoms with E-state index in [-0.39, 0.29) is 5.97 Å². The van der Waals surface area contributed by atoms with Gasteiger partial charge in [-0.3, -0.25) is 0 Å². The third kappa shape index (κ3) is 4.28. The largest absolute Gasteiger partial charge is 0.440 e. The maximum absolute atomic E-state index is 13.7. The van der Waals surface area contributed by atoms with E-state index < -0.39 is 5.60 Å². The van der Waals surface area contributed by atoms with Crippen molar-refractivity contribution in [3.05, 3.63) is 130 Å². The second-order valence-corrected chi connectivity index (χ2v) is 11.0. The summed E-state index contributed by atoms with van der Waals surface area (Å²) in [6, 6.07) is 31.5. The van der Waals surface area contributed by atoms with Crippen LogP contribution in [0.2, 0.25) is 0 Å². The number of aryl methyl sites for hydroxylation is 2. The van der Waals surface area contributed by atoms with Crippen LogP contribution in [0, 0.1) is 6.92 Å². The summed E-state index contributed by atoms with van der Waals surface area (Å²) in [5.74, 6) is -0.296. The Hall–Kier alpha value is -4.51. The van der Waals surface area contributed by atoms with Gasteiger partial charge in [-0.15, -0.1) is 0 Å². The topological polar surface area (TPSA) is 46.5 Å². The van der Waals surface area contributed by atoms with Gasteiger partial charge >= 0.3 is 5.97 Å². The molecule has 0 amide bonds. The first-order valence-electron chi connectivity index (χ1n) is 14.4. The second-order valence-electron chi connectivity index (χ2n) is 11.0. The highest BCUT2D eigenvalue weighted by Crippen LogP contribution is 2.51. The Morgan fingerprint density at radius 1 is 0.878 bits per heavy atom. The zero-order valence-corrected chi connectivity index (χ0v) is 24.5. The van der Waals surface area contributed by atoms with E-state index >= 15 is 0 Å². The van der Waals surface area contributed by atoms with Crippen LogP contribution >= 0.6 is 0 Å². The molecule has 1 aliphatic rings. The van der Waals surface area contributed by atoms with Crippen LogP contribution < -0.4 is 10.2 Å². The average Bonchev–Trinajstić information content (AvgIpc) is 3.46. The third-order valence-corrected chi connectivity index (χ3v) is 8.54. The first-order chi connectivity index (χ1) is 19.9. The molecule has 1 aromatic heterocycles. The zero-order chi connectivity index (χ0) is 28.7. The highest BCUT2D eigenvalue weighted by atomic mass is 16.6. The third-order valence-electron chi connectivity index (χ3n) is 8.54. The van der Waals surface area contributed by atoms with E-state index in [4.69, 9.17) is 4.74 Å². The number of para-hydroxylation sites is 1. The van der Waals surface area contributed by atoms with Gasteiger partial charge in [-0.1, -0.05) is 67.6 Å². The molecule has 2 heterocycles. The van der Waals surface area contributed by atoms with Crippen LogP contribution in [0.25, 0.3) is 10.9 Å². The molecule has 0 saturated carbocycles. The fourth-order valence-corrected chi connectivity index (χ4v) is 6.46. The number of hydrogen-bond acceptors (Lipinski definition) is 4. The lowest BCUT2D eigenvalue weighted by atomic mass is 9.78. The van der Waals surface area contributed by atoms with Gasteiger partial charge in [0.1, 0.15) is 0 Å². The lowest BCUT2D eigenvalue weighted by Gasteiger charge is -2.31. The Kier molecular flexibility index (Phi) is 6.82. The number of rotatable bonds is 8. The van der Waals surface area contributed by atoms with Crippen LogP contribution in [0.1, 0.15) is 57.7 Å². The number of anilines is 2. The number of carbonyl (C=O) groups is 1. The first-order valence-corrected chi connectivity index (χ1v) is 14.4. The first kappa shape index (κ1) is 26.7. The minimum Gasteiger partial charge on any atom is -0.440 e. The molecule has 1 N–H and O–H groups in total. The van der Waals surface area contributed by atoms with Gasteiger partial charge in [0.15, 0.2) is 5.60 Å². The minimum absolute atomic E-state index is 0.296. The predicted molar refractivity (Wildman–Crippen MR) is 168 cm³/mol. The SMILES string of the molecule is CCc1ccccc1CNc1ccc(C2(c3c(C)n(CC)c4ccccc34)OC(=O)c3cc(N(C)C)ccc32)cc1. The second kappa shape index (κ2) is 10.5. The number of cyclic esters (lactones) is 1. The van der Waals surface area contributed by atoms with Crippen molar-refractivity contribution in [1.82, 2.24) is 4.57 Å². The molecule has 0 radical (unpaired) electrons. The van der Waals surface area contributed by atoms with Gasteiger partial charge in [0.05, 0.1) is 5.56 Å². The monoisotopic (exact) mass is 543 g/mol. The van der Waals surface area contributed by atoms with Gasteiger partial charge in [0, 0.05) is 71.8 Å². The fourth-order valence-electron chi connectivity index (χ4n) is 6.46. The highest BCUT2D eigenvalue weighted by Gasteiger charge is 2.51. The maximum Gasteiger partial charge on any atom is 0.340 e. The molecule has 5 heteroatoms. The molecule has 5 nitrogen and oxygen atoms in total. The van der Waals surface area contributed by atoms with Gasteiger partial charge < -0.3 is 19.5 Å². The molecule has 41 heavy (non-hydrogen) atoms. The number of aromatic nitrogens is 1. The molecule has 208 valence electrons. The van der Waals surface area contributed by atoms with Crippen LogP contribution in [0.15, 0.2) is 91.0 Å². The van der Waals surface area contributed by atoms with Crippen molar-refractivity contribution >= 4 is 28.2 Å². The average molecular weight is 544 g/mol. The molecule has 6 rings (SSSR count). The van der Waals surface area contributed by atoms with Crippen molar-refractivity contribution in [2.24, 2.45) is 0 Å². The van der Waals surface area contributed by atoms with Gasteiger partial charge in [0.2, 0.25) is 0 Å². The molecule has 1 atom stereocenters. The van der Waals surface area contributed by atoms with Crippen LogP contribution in [-0.2, 0) is 29.8 Å². The molecular weight excluding hydrogens is 506 g/mol. The van der Waals surface area contributed by atoms with Crippen LogP contribution in [0.4, 0.5) is 11.4 Å². The number of fused-ring (bicyclic) bond motifs is 2. The van der Waals surface area contributed by atoms with Crippen LogP contribution in [-0.4, -0.2) is 24.6 Å². The quantitative estimate of drug-likeness (QED) is 0.204. The van der Waals surface area contributed by atoms with E-state index in [0.29, 0.717) is 5.56 Å². The zero-order valence-electron chi connectivity index (χ0n) is 24.5. The Balaban J connectivity index is 1.50. The summed E-state index contributed by atoms with van der Waals surface area (Å²) in [4.78, 5) is 15.7. The minimum atomic E-state index is -1.06. The van der Waals surface area contributed by atoms with Gasteiger partial charge in [-0.25, -0.2) is 4.79 Å². The van der Waals surface area contributed by atoms with E-state index in [1.807, 2.05) is 25.1 Å². The van der Waals surface area contributed by atoms with Crippen molar-refractivity contribution in [3.8, 4) is 0 Å². The lowest BCUT2D eigenvalue weighted by molar-refractivity contribution is 0.0253. The van der Waals surface area contributed by atoms with Crippen molar-refractivity contribution in [2.75, 3.05) is 24.3 Å². The van der Waals surface area contributed by atoms with Crippen LogP contribution in [0.5, 0.6) is 0 Å². The molecule has 0 bridgehead atoms. The number of ether oxygens (including phenoxy) is 1. The molecular formula is C36H37N3O2. The van der Waals surface area contributed by atoms with Crippen molar-refractivity contribution < 1.29 is 9.53 Å². The van der Waals surface area contributed by atoms with E-state index in [2.05, 4.69) is 116 Å². The van der Waals surface area contributed by atoms with Gasteiger partial charge in [0.25, 0.3) is 0 Å². The van der Waals surface area contributed by atoms with Crippen molar-refractivity contribution in [3.63, 3.8) is 0 Å². The summed E-state index contributed by atoms with van der Waals surface area (Å²) in [6.07, 6.45) is 1.00. The molecule has 0 spiro atoms. The van der Waals surface area contributed by atoms with Gasteiger partial charge in [-0.2, -0.15) is 0 Å². The van der Waals surface area contributed by atoms with E-state index in [0.717, 1.165) is 64.2 Å². The standard InChI is InChI=1S/C36H37N3O2/c1-6-25-12-8-9-13-26(25)23-37-28-18-16-27(17-19-28)36(32-21-20-29(38(4)5)22-31(32)35(40)41-36)34-24(3)39(7-2)33-15-11-10-14-30(33)34/h8-22,37H,6-7,23H2,1-5H3. The molecule has 0 saturated heterocycles. The molecule has 5 aromatic rings. The highest BCUT2D eigenvalue weighted by molar-refractivity contribution is 5.99. The summed E-state index contributed by atoms with van der Waals surface area (Å²) in [6.45, 7) is 8.06. The smallest absolute Gasteiger partial charge is 0.340 e. The number of benzene rings is 4. The predicted octanol–water partition coefficient (Wildman–Crippen LogP) is 7.67. The summed E-state index contributed by atoms with van der Waals surface area (Å²) in [7, 11) is 3.97. The summed E-state index contributed by atoms with van der Waals surface area (Å²) < 4.78 is 8.89. The maximum atomic E-state index is 13.7. The Morgan fingerprint density at radius 2 is 1.59 bits per heavy atom. The molecule has 1 unspecified atom stereocenters. The lowest BCUT2D eigenvalue weighted by Crippen LogP contribution is -2.30. The summed E-state index contributed by atoms with van der Waals surface area (Å²) in [5.41, 5.74) is 9.28. The van der Waals surface area contributed by atoms with E-state index in [9.17, 15) is 4.79 Å². The van der Waals surface area contributed by atoms with Crippen LogP contribution in [0.3, 0.4) is 0 Å². The molecule has 0 fully saturated rings. The Bertz CT molecular complexity index is 1750. The summed E-state index contributed by atoms with van der Waals surface area (Å²) >= 11 is 0. The van der Waals surface area contributed by atoms with Gasteiger partial charge in [-0.05, 0) is 61.7 Å². The molecule has 4 aromatic carbocycles. The Labute approximate surface area is 242 Å². The fraction of sp³-hybridized carbons (Fsp3) is 0.250. The number of nitrogens with one attached hydrogen (secondary N) is 1. The van der Waals surface area contributed by atoms with E-state index in [1.54, 1.807) is 0 Å². The number of esters is 1. The normalized spacial score (nSPS) is 16.1. The summed E-state index contributed by atoms with van der Waals surface area (Å²) in [5, 5.41) is 4.69.